The third-order valence-corrected chi connectivity index (χ3v) is 3.92. The molecule has 24 heavy (non-hydrogen) atoms. The van der Waals surface area contributed by atoms with Gasteiger partial charge in [0, 0.05) is 18.7 Å². The number of rotatable bonds is 2. The second-order valence-corrected chi connectivity index (χ2v) is 5.42. The molecular formula is C16H20BN3O4. The summed E-state index contributed by atoms with van der Waals surface area (Å²) in [4.78, 5) is 36.9. The van der Waals surface area contributed by atoms with E-state index in [4.69, 9.17) is 0 Å². The van der Waals surface area contributed by atoms with Gasteiger partial charge in [-0.15, -0.1) is 0 Å². The quantitative estimate of drug-likeness (QED) is 0.474. The molecule has 0 spiro atoms. The van der Waals surface area contributed by atoms with Gasteiger partial charge in [-0.1, -0.05) is 35.9 Å². The van der Waals surface area contributed by atoms with Crippen LogP contribution in [0.3, 0.4) is 0 Å². The highest BCUT2D eigenvalue weighted by molar-refractivity contribution is 6.56. The number of ether oxygens (including phenoxy) is 1. The molecular weight excluding hydrogens is 309 g/mol. The molecule has 1 saturated heterocycles. The van der Waals surface area contributed by atoms with Crippen LogP contribution in [0.25, 0.3) is 5.57 Å². The van der Waals surface area contributed by atoms with Crippen LogP contribution in [0.1, 0.15) is 18.4 Å². The van der Waals surface area contributed by atoms with Gasteiger partial charge in [-0.3, -0.25) is 15.0 Å². The summed E-state index contributed by atoms with van der Waals surface area (Å²) >= 11 is 0. The predicted octanol–water partition coefficient (Wildman–Crippen LogP) is 0.676. The number of nitrogens with zero attached hydrogens (tertiary/aromatic N) is 1. The molecule has 0 bridgehead atoms. The van der Waals surface area contributed by atoms with Crippen molar-refractivity contribution >= 4 is 31.2 Å². The minimum absolute atomic E-state index is 0.0344. The summed E-state index contributed by atoms with van der Waals surface area (Å²) < 4.78 is 4.45. The topological polar surface area (TPSA) is 87.7 Å². The first-order valence-corrected chi connectivity index (χ1v) is 7.70. The molecule has 0 atom stereocenters. The summed E-state index contributed by atoms with van der Waals surface area (Å²) in [6, 6.07) is 9.26. The van der Waals surface area contributed by atoms with Gasteiger partial charge in [0.1, 0.15) is 0 Å². The predicted molar refractivity (Wildman–Crippen MR) is 91.8 cm³/mol. The van der Waals surface area contributed by atoms with Gasteiger partial charge in [-0.25, -0.2) is 10.2 Å². The summed E-state index contributed by atoms with van der Waals surface area (Å²) in [5, 5.41) is 0. The minimum atomic E-state index is -0.743. The molecule has 1 aliphatic heterocycles. The van der Waals surface area contributed by atoms with Crippen molar-refractivity contribution in [1.82, 2.24) is 15.8 Å². The number of benzene rings is 1. The molecule has 126 valence electrons. The van der Waals surface area contributed by atoms with E-state index in [0.29, 0.717) is 31.5 Å². The van der Waals surface area contributed by atoms with E-state index in [2.05, 4.69) is 15.6 Å². The molecule has 3 amide bonds. The molecule has 2 rings (SSSR count). The van der Waals surface area contributed by atoms with Crippen LogP contribution >= 0.6 is 0 Å². The number of carbonyl (C=O) groups excluding carboxylic acids is 3. The maximum Gasteiger partial charge on any atom is 0.425 e. The maximum atomic E-state index is 12.6. The molecule has 1 aromatic carbocycles. The lowest BCUT2D eigenvalue weighted by molar-refractivity contribution is -0.116. The molecule has 1 aliphatic rings. The number of piperidine rings is 1. The van der Waals surface area contributed by atoms with E-state index in [1.165, 1.54) is 7.11 Å². The van der Waals surface area contributed by atoms with Crippen molar-refractivity contribution in [3.8, 4) is 0 Å². The molecule has 1 aromatic rings. The number of methoxy groups -OCH3 is 1. The lowest BCUT2D eigenvalue weighted by atomic mass is 9.91. The highest BCUT2D eigenvalue weighted by Gasteiger charge is 2.23. The first-order valence-electron chi connectivity index (χ1n) is 7.70. The van der Waals surface area contributed by atoms with Gasteiger partial charge in [0.25, 0.3) is 5.91 Å². The van der Waals surface area contributed by atoms with Crippen molar-refractivity contribution in [2.24, 2.45) is 0 Å². The molecule has 0 aromatic heterocycles. The Morgan fingerprint density at radius 2 is 1.71 bits per heavy atom. The third kappa shape index (κ3) is 4.38. The normalized spacial score (nSPS) is 13.9. The van der Waals surface area contributed by atoms with Crippen LogP contribution in [-0.4, -0.2) is 50.8 Å². The summed E-state index contributed by atoms with van der Waals surface area (Å²) in [6.45, 7) is 1.16. The van der Waals surface area contributed by atoms with Gasteiger partial charge in [0.2, 0.25) is 7.85 Å². The molecule has 1 fully saturated rings. The van der Waals surface area contributed by atoms with E-state index in [9.17, 15) is 14.4 Å². The Balaban J connectivity index is 2.24. The minimum Gasteiger partial charge on any atom is -0.452 e. The van der Waals surface area contributed by atoms with Crippen LogP contribution in [0.4, 0.5) is 9.59 Å². The summed E-state index contributed by atoms with van der Waals surface area (Å²) in [5.41, 5.74) is 6.81. The van der Waals surface area contributed by atoms with E-state index in [0.717, 1.165) is 11.1 Å². The first-order chi connectivity index (χ1) is 11.5. The highest BCUT2D eigenvalue weighted by atomic mass is 16.5. The number of nitrogens with one attached hydrogen (secondary N) is 2. The number of hydrazine groups is 1. The van der Waals surface area contributed by atoms with Crippen LogP contribution in [0, 0.1) is 0 Å². The van der Waals surface area contributed by atoms with Crippen molar-refractivity contribution in [3.63, 3.8) is 0 Å². The number of likely N-dealkylation sites (tertiary alicyclic amines) is 1. The highest BCUT2D eigenvalue weighted by Crippen LogP contribution is 2.27. The summed E-state index contributed by atoms with van der Waals surface area (Å²) in [5.74, 6) is -0.370. The zero-order valence-corrected chi connectivity index (χ0v) is 13.8. The van der Waals surface area contributed by atoms with E-state index in [1.807, 2.05) is 30.3 Å². The van der Waals surface area contributed by atoms with Crippen LogP contribution in [0.5, 0.6) is 0 Å². The van der Waals surface area contributed by atoms with Gasteiger partial charge < -0.3 is 9.64 Å². The van der Waals surface area contributed by atoms with Crippen molar-refractivity contribution < 1.29 is 19.1 Å². The van der Waals surface area contributed by atoms with Gasteiger partial charge >= 0.3 is 6.09 Å². The van der Waals surface area contributed by atoms with Gasteiger partial charge in [-0.2, -0.15) is 0 Å². The Bertz CT molecular complexity index is 651. The van der Waals surface area contributed by atoms with Gasteiger partial charge in [0.05, 0.1) is 7.11 Å². The van der Waals surface area contributed by atoms with Crippen molar-refractivity contribution in [2.75, 3.05) is 20.2 Å². The largest absolute Gasteiger partial charge is 0.452 e. The molecule has 1 heterocycles. The first kappa shape index (κ1) is 17.6. The standard InChI is InChI=1S/C16H20BN3O4/c1-24-16(23)19-18-14(21)13(11-5-3-2-4-6-11)12-7-9-20(10-8-12)15(17)22/h2-6H,7-10,17H2,1H3,(H,18,21)(H,19,23). The molecule has 0 saturated carbocycles. The fraction of sp³-hybridized carbons (Fsp3) is 0.312. The second-order valence-electron chi connectivity index (χ2n) is 5.42. The van der Waals surface area contributed by atoms with Gasteiger partial charge in [0.15, 0.2) is 5.81 Å². The SMILES string of the molecule is BC(=O)N1CCC(=C(C(=O)NNC(=O)OC)c2ccccc2)CC1. The smallest absolute Gasteiger partial charge is 0.425 e. The Hall–Kier alpha value is -2.77. The van der Waals surface area contributed by atoms with Crippen LogP contribution in [0.2, 0.25) is 0 Å². The Kier molecular flexibility index (Phi) is 6.00. The average Bonchev–Trinajstić information content (AvgIpc) is 2.61. The Morgan fingerprint density at radius 1 is 1.08 bits per heavy atom. The zero-order valence-electron chi connectivity index (χ0n) is 13.8. The molecule has 0 aliphatic carbocycles. The number of hydrogen-bond donors (Lipinski definition) is 2. The summed E-state index contributed by atoms with van der Waals surface area (Å²) in [7, 11) is 2.76. The Labute approximate surface area is 141 Å². The van der Waals surface area contributed by atoms with E-state index < -0.39 is 12.0 Å². The average molecular weight is 329 g/mol. The van der Waals surface area contributed by atoms with Crippen molar-refractivity contribution in [1.29, 1.82) is 0 Å². The van der Waals surface area contributed by atoms with Crippen LogP contribution < -0.4 is 10.9 Å². The Morgan fingerprint density at radius 3 is 2.25 bits per heavy atom. The second kappa shape index (κ2) is 8.19. The molecule has 2 N–H and O–H groups in total. The number of amides is 3. The fourth-order valence-electron chi connectivity index (χ4n) is 2.66. The van der Waals surface area contributed by atoms with Crippen molar-refractivity contribution in [2.45, 2.75) is 12.8 Å². The van der Waals surface area contributed by atoms with Crippen LogP contribution in [-0.2, 0) is 9.53 Å². The van der Waals surface area contributed by atoms with E-state index in [1.54, 1.807) is 12.7 Å². The summed E-state index contributed by atoms with van der Waals surface area (Å²) in [6.07, 6.45) is 0.498. The number of hydrogen-bond acceptors (Lipinski definition) is 4. The third-order valence-electron chi connectivity index (χ3n) is 3.92. The zero-order chi connectivity index (χ0) is 17.5. The molecule has 7 nitrogen and oxygen atoms in total. The lowest BCUT2D eigenvalue weighted by Gasteiger charge is -2.29. The molecule has 8 heteroatoms. The fourth-order valence-corrected chi connectivity index (χ4v) is 2.66. The van der Waals surface area contributed by atoms with E-state index in [-0.39, 0.29) is 5.81 Å². The van der Waals surface area contributed by atoms with Gasteiger partial charge in [-0.05, 0) is 18.4 Å². The van der Waals surface area contributed by atoms with Crippen LogP contribution in [0.15, 0.2) is 35.9 Å². The molecule has 0 unspecified atom stereocenters. The monoisotopic (exact) mass is 329 g/mol. The maximum absolute atomic E-state index is 12.6. The van der Waals surface area contributed by atoms with Crippen molar-refractivity contribution in [3.05, 3.63) is 41.5 Å². The number of carbonyl (C=O) groups is 3. The lowest BCUT2D eigenvalue weighted by Crippen LogP contribution is -2.42. The molecule has 0 radical (unpaired) electrons. The van der Waals surface area contributed by atoms with E-state index >= 15 is 0 Å².